The standard InChI is InChI=1S/C13H24N2O3S2/c1-10(2)15(6-7-18-5)20(16,17)13-8-12(9-14-4)19-11(13)3/h8,10,14H,6-7,9H2,1-5H3. The Labute approximate surface area is 126 Å². The van der Waals surface area contributed by atoms with Crippen LogP contribution in [0.25, 0.3) is 0 Å². The molecule has 1 rings (SSSR count). The molecule has 0 aliphatic carbocycles. The lowest BCUT2D eigenvalue weighted by Crippen LogP contribution is -2.39. The Hall–Kier alpha value is -0.470. The second-order valence-electron chi connectivity index (χ2n) is 4.87. The highest BCUT2D eigenvalue weighted by Crippen LogP contribution is 2.29. The predicted octanol–water partition coefficient (Wildman–Crippen LogP) is 1.82. The van der Waals surface area contributed by atoms with Crippen molar-refractivity contribution >= 4 is 21.4 Å². The quantitative estimate of drug-likeness (QED) is 0.794. The summed E-state index contributed by atoms with van der Waals surface area (Å²) in [7, 11) is -0.0399. The molecule has 1 aromatic heterocycles. The first kappa shape index (κ1) is 17.6. The summed E-state index contributed by atoms with van der Waals surface area (Å²) in [6.45, 7) is 7.05. The minimum Gasteiger partial charge on any atom is -0.383 e. The van der Waals surface area contributed by atoms with E-state index in [0.717, 1.165) is 9.75 Å². The number of methoxy groups -OCH3 is 1. The molecule has 116 valence electrons. The second kappa shape index (κ2) is 7.51. The SMILES string of the molecule is CNCc1cc(S(=O)(=O)N(CCOC)C(C)C)c(C)s1. The van der Waals surface area contributed by atoms with Crippen LogP contribution >= 0.6 is 11.3 Å². The second-order valence-corrected chi connectivity index (χ2v) is 8.07. The number of rotatable bonds is 8. The molecule has 0 radical (unpaired) electrons. The van der Waals surface area contributed by atoms with E-state index in [9.17, 15) is 8.42 Å². The van der Waals surface area contributed by atoms with Crippen molar-refractivity contribution < 1.29 is 13.2 Å². The largest absolute Gasteiger partial charge is 0.383 e. The molecule has 0 atom stereocenters. The molecule has 1 heterocycles. The summed E-state index contributed by atoms with van der Waals surface area (Å²) in [5.74, 6) is 0. The number of thiophene rings is 1. The predicted molar refractivity (Wildman–Crippen MR) is 82.7 cm³/mol. The Morgan fingerprint density at radius 3 is 2.60 bits per heavy atom. The summed E-state index contributed by atoms with van der Waals surface area (Å²) < 4.78 is 32.1. The third-order valence-corrected chi connectivity index (χ3v) is 6.33. The zero-order chi connectivity index (χ0) is 15.3. The van der Waals surface area contributed by atoms with Crippen LogP contribution in [-0.2, 0) is 21.3 Å². The van der Waals surface area contributed by atoms with Crippen molar-refractivity contribution in [1.82, 2.24) is 9.62 Å². The van der Waals surface area contributed by atoms with E-state index < -0.39 is 10.0 Å². The molecule has 0 fully saturated rings. The lowest BCUT2D eigenvalue weighted by molar-refractivity contribution is 0.171. The van der Waals surface area contributed by atoms with Crippen LogP contribution in [0.5, 0.6) is 0 Å². The number of hydrogen-bond donors (Lipinski definition) is 1. The normalized spacial score (nSPS) is 12.6. The molecule has 0 aliphatic heterocycles. The third-order valence-electron chi connectivity index (χ3n) is 2.95. The molecule has 1 N–H and O–H groups in total. The summed E-state index contributed by atoms with van der Waals surface area (Å²) in [6, 6.07) is 1.68. The highest BCUT2D eigenvalue weighted by Gasteiger charge is 2.29. The minimum atomic E-state index is -3.46. The van der Waals surface area contributed by atoms with E-state index in [1.165, 1.54) is 15.6 Å². The van der Waals surface area contributed by atoms with E-state index in [-0.39, 0.29) is 6.04 Å². The smallest absolute Gasteiger partial charge is 0.244 e. The van der Waals surface area contributed by atoms with Gasteiger partial charge in [0, 0.05) is 36.0 Å². The molecule has 0 unspecified atom stereocenters. The first-order valence-corrected chi connectivity index (χ1v) is 8.85. The first-order chi connectivity index (χ1) is 9.34. The average Bonchev–Trinajstić information content (AvgIpc) is 2.71. The van der Waals surface area contributed by atoms with Crippen molar-refractivity contribution in [3.63, 3.8) is 0 Å². The van der Waals surface area contributed by atoms with Crippen molar-refractivity contribution in [1.29, 1.82) is 0 Å². The van der Waals surface area contributed by atoms with Gasteiger partial charge in [-0.15, -0.1) is 11.3 Å². The maximum atomic E-state index is 12.8. The molecule has 0 saturated carbocycles. The van der Waals surface area contributed by atoms with E-state index in [4.69, 9.17) is 4.74 Å². The maximum Gasteiger partial charge on any atom is 0.244 e. The van der Waals surface area contributed by atoms with E-state index in [1.54, 1.807) is 13.2 Å². The molecule has 0 aromatic carbocycles. The van der Waals surface area contributed by atoms with Gasteiger partial charge in [0.05, 0.1) is 11.5 Å². The molecule has 0 bridgehead atoms. The van der Waals surface area contributed by atoms with Crippen molar-refractivity contribution in [3.05, 3.63) is 15.8 Å². The molecular formula is C13H24N2O3S2. The molecule has 1 aromatic rings. The number of ether oxygens (including phenoxy) is 1. The molecule has 7 heteroatoms. The number of nitrogens with zero attached hydrogens (tertiary/aromatic N) is 1. The fourth-order valence-corrected chi connectivity index (χ4v) is 5.24. The summed E-state index contributed by atoms with van der Waals surface area (Å²) in [4.78, 5) is 2.27. The topological polar surface area (TPSA) is 58.6 Å². The van der Waals surface area contributed by atoms with Crippen LogP contribution in [-0.4, -0.2) is 46.1 Å². The molecule has 20 heavy (non-hydrogen) atoms. The van der Waals surface area contributed by atoms with Gasteiger partial charge >= 0.3 is 0 Å². The zero-order valence-corrected chi connectivity index (χ0v) is 14.4. The number of sulfonamides is 1. The van der Waals surface area contributed by atoms with Crippen LogP contribution in [0.15, 0.2) is 11.0 Å². The van der Waals surface area contributed by atoms with Crippen molar-refractivity contribution in [2.45, 2.75) is 38.3 Å². The fourth-order valence-electron chi connectivity index (χ4n) is 2.01. The van der Waals surface area contributed by atoms with E-state index in [2.05, 4.69) is 5.32 Å². The van der Waals surface area contributed by atoms with Gasteiger partial charge in [0.25, 0.3) is 0 Å². The van der Waals surface area contributed by atoms with E-state index in [1.807, 2.05) is 27.8 Å². The lowest BCUT2D eigenvalue weighted by atomic mass is 10.4. The zero-order valence-electron chi connectivity index (χ0n) is 12.8. The van der Waals surface area contributed by atoms with Crippen LogP contribution in [0, 0.1) is 6.92 Å². The molecule has 5 nitrogen and oxygen atoms in total. The first-order valence-electron chi connectivity index (χ1n) is 6.59. The molecule has 0 spiro atoms. The van der Waals surface area contributed by atoms with Gasteiger partial charge in [-0.1, -0.05) is 0 Å². The highest BCUT2D eigenvalue weighted by molar-refractivity contribution is 7.89. The van der Waals surface area contributed by atoms with Gasteiger partial charge in [-0.2, -0.15) is 4.31 Å². The highest BCUT2D eigenvalue weighted by atomic mass is 32.2. The van der Waals surface area contributed by atoms with Gasteiger partial charge in [0.2, 0.25) is 10.0 Å². The van der Waals surface area contributed by atoms with Gasteiger partial charge in [0.15, 0.2) is 0 Å². The Morgan fingerprint density at radius 2 is 2.10 bits per heavy atom. The van der Waals surface area contributed by atoms with Crippen LogP contribution < -0.4 is 5.32 Å². The monoisotopic (exact) mass is 320 g/mol. The Morgan fingerprint density at radius 1 is 1.45 bits per heavy atom. The van der Waals surface area contributed by atoms with Gasteiger partial charge in [-0.05, 0) is 33.9 Å². The van der Waals surface area contributed by atoms with E-state index in [0.29, 0.717) is 24.6 Å². The number of nitrogens with one attached hydrogen (secondary N) is 1. The molecule has 0 amide bonds. The summed E-state index contributed by atoms with van der Waals surface area (Å²) in [5, 5.41) is 3.04. The van der Waals surface area contributed by atoms with Gasteiger partial charge in [-0.25, -0.2) is 8.42 Å². The average molecular weight is 320 g/mol. The van der Waals surface area contributed by atoms with Crippen molar-refractivity contribution in [3.8, 4) is 0 Å². The van der Waals surface area contributed by atoms with Gasteiger partial charge < -0.3 is 10.1 Å². The Kier molecular flexibility index (Phi) is 6.60. The van der Waals surface area contributed by atoms with Crippen LogP contribution in [0.3, 0.4) is 0 Å². The van der Waals surface area contributed by atoms with Crippen molar-refractivity contribution in [2.75, 3.05) is 27.3 Å². The molecule has 0 saturated heterocycles. The van der Waals surface area contributed by atoms with Crippen LogP contribution in [0.1, 0.15) is 23.6 Å². The van der Waals surface area contributed by atoms with Gasteiger partial charge in [-0.3, -0.25) is 0 Å². The summed E-state index contributed by atoms with van der Waals surface area (Å²) in [5.41, 5.74) is 0. The van der Waals surface area contributed by atoms with Crippen LogP contribution in [0.2, 0.25) is 0 Å². The van der Waals surface area contributed by atoms with Crippen LogP contribution in [0.4, 0.5) is 0 Å². The third kappa shape index (κ3) is 4.02. The van der Waals surface area contributed by atoms with Crippen molar-refractivity contribution in [2.24, 2.45) is 0 Å². The molecular weight excluding hydrogens is 296 g/mol. The Bertz CT molecular complexity index is 524. The molecule has 0 aliphatic rings. The number of hydrogen-bond acceptors (Lipinski definition) is 5. The maximum absolute atomic E-state index is 12.8. The number of aryl methyl sites for hydroxylation is 1. The lowest BCUT2D eigenvalue weighted by Gasteiger charge is -2.25. The summed E-state index contributed by atoms with van der Waals surface area (Å²) in [6.07, 6.45) is 0. The van der Waals surface area contributed by atoms with E-state index >= 15 is 0 Å². The Balaban J connectivity index is 3.12. The summed E-state index contributed by atoms with van der Waals surface area (Å²) >= 11 is 1.52. The van der Waals surface area contributed by atoms with Gasteiger partial charge in [0.1, 0.15) is 0 Å². The minimum absolute atomic E-state index is 0.0952. The fraction of sp³-hybridized carbons (Fsp3) is 0.692.